The van der Waals surface area contributed by atoms with Crippen LogP contribution in [0.25, 0.3) is 0 Å². The summed E-state index contributed by atoms with van der Waals surface area (Å²) in [6.45, 7) is 7.06. The van der Waals surface area contributed by atoms with E-state index in [1.54, 1.807) is 0 Å². The average Bonchev–Trinajstić information content (AvgIpc) is 3.41. The first-order valence-electron chi connectivity index (χ1n) is 31.6. The Hall–Kier alpha value is -1.94. The first kappa shape index (κ1) is 77.1. The maximum absolute atomic E-state index is 12.9. The van der Waals surface area contributed by atoms with Crippen LogP contribution in [0.5, 0.6) is 0 Å². The summed E-state index contributed by atoms with van der Waals surface area (Å²) < 4.78 is 67.6. The molecule has 468 valence electrons. The first-order chi connectivity index (χ1) is 38.0. The zero-order valence-corrected chi connectivity index (χ0v) is 52.3. The molecule has 0 saturated heterocycles. The Kier molecular flexibility index (Phi) is 52.7. The third-order valence-electron chi connectivity index (χ3n) is 13.8. The summed E-state index contributed by atoms with van der Waals surface area (Å²) in [5.41, 5.74) is 0. The Morgan fingerprint density at radius 2 is 0.582 bits per heavy atom. The molecular weight excluding hydrogens is 1050 g/mol. The number of carbonyl (C=O) groups is 4. The van der Waals surface area contributed by atoms with Gasteiger partial charge in [-0.2, -0.15) is 0 Å². The molecule has 19 heteroatoms. The van der Waals surface area contributed by atoms with Crippen molar-refractivity contribution >= 4 is 39.5 Å². The maximum atomic E-state index is 12.9. The highest BCUT2D eigenvalue weighted by Crippen LogP contribution is 2.45. The van der Waals surface area contributed by atoms with Crippen molar-refractivity contribution < 1.29 is 80.2 Å². The largest absolute Gasteiger partial charge is 0.472 e. The molecular formula is C60H116O17P2. The minimum absolute atomic E-state index is 0.105. The number of rotatable bonds is 60. The van der Waals surface area contributed by atoms with E-state index in [9.17, 15) is 43.2 Å². The standard InChI is InChI=1S/C60H116O17P2/c1-6-9-12-15-17-19-21-26-29-34-39-44-58(63)71-50-56(77-60(65)46-41-36-31-27-23-22-24-28-33-37-42-53(4)5)52-75-79(68,69)73-48-54(61)47-72-78(66,67)74-51-55(49-70-57(62)43-38-32-14-11-8-3)76-59(64)45-40-35-30-25-20-18-16-13-10-7-2/h53-56,61H,6-52H2,1-5H3,(H,66,67)(H,68,69)/t54-,55+,56+/m0/s1. The molecule has 0 aromatic rings. The van der Waals surface area contributed by atoms with Gasteiger partial charge in [0.1, 0.15) is 19.3 Å². The normalized spacial score (nSPS) is 14.3. The Morgan fingerprint density at radius 3 is 0.861 bits per heavy atom. The summed E-state index contributed by atoms with van der Waals surface area (Å²) in [4.78, 5) is 71.8. The van der Waals surface area contributed by atoms with Crippen LogP contribution in [0.3, 0.4) is 0 Å². The number of phosphoric acid groups is 2. The SMILES string of the molecule is CCCCCCCCCCCCCC(=O)OC[C@H](COP(=O)(O)OC[C@@H](O)COP(=O)(O)OC[C@@H](COC(=O)CCCCCCC)OC(=O)CCCCCCCCCCCC)OC(=O)CCCCCCCCCCCCC(C)C. The van der Waals surface area contributed by atoms with Gasteiger partial charge in [0.25, 0.3) is 0 Å². The quantitative estimate of drug-likeness (QED) is 0.0222. The van der Waals surface area contributed by atoms with Crippen molar-refractivity contribution in [3.8, 4) is 0 Å². The van der Waals surface area contributed by atoms with Gasteiger partial charge in [0.2, 0.25) is 0 Å². The highest BCUT2D eigenvalue weighted by atomic mass is 31.2. The zero-order chi connectivity index (χ0) is 58.5. The van der Waals surface area contributed by atoms with Crippen LogP contribution in [0.1, 0.15) is 298 Å². The summed E-state index contributed by atoms with van der Waals surface area (Å²) in [5.74, 6) is -1.40. The van der Waals surface area contributed by atoms with Gasteiger partial charge in [-0.05, 0) is 31.6 Å². The number of unbranched alkanes of at least 4 members (excludes halogenated alkanes) is 32. The molecule has 0 radical (unpaired) electrons. The van der Waals surface area contributed by atoms with Gasteiger partial charge < -0.3 is 33.8 Å². The minimum atomic E-state index is -4.94. The summed E-state index contributed by atoms with van der Waals surface area (Å²) in [6, 6.07) is 0. The van der Waals surface area contributed by atoms with Crippen molar-refractivity contribution in [2.24, 2.45) is 5.92 Å². The second kappa shape index (κ2) is 54.0. The number of hydrogen-bond acceptors (Lipinski definition) is 15. The van der Waals surface area contributed by atoms with Crippen LogP contribution >= 0.6 is 15.6 Å². The second-order valence-corrected chi connectivity index (χ2v) is 25.1. The summed E-state index contributed by atoms with van der Waals surface area (Å²) in [7, 11) is -9.87. The van der Waals surface area contributed by atoms with Crippen LogP contribution < -0.4 is 0 Å². The van der Waals surface area contributed by atoms with E-state index in [1.807, 2.05) is 0 Å². The van der Waals surface area contributed by atoms with Gasteiger partial charge in [-0.25, -0.2) is 9.13 Å². The predicted octanol–water partition coefficient (Wildman–Crippen LogP) is 16.2. The lowest BCUT2D eigenvalue weighted by Crippen LogP contribution is -2.30. The predicted molar refractivity (Wildman–Crippen MR) is 312 cm³/mol. The van der Waals surface area contributed by atoms with Crippen molar-refractivity contribution in [1.29, 1.82) is 0 Å². The summed E-state index contributed by atoms with van der Waals surface area (Å²) >= 11 is 0. The van der Waals surface area contributed by atoms with Crippen molar-refractivity contribution in [2.45, 2.75) is 316 Å². The Bertz CT molecular complexity index is 1550. The van der Waals surface area contributed by atoms with E-state index in [0.717, 1.165) is 102 Å². The number of carbonyl (C=O) groups excluding carboxylic acids is 4. The smallest absolute Gasteiger partial charge is 0.462 e. The zero-order valence-electron chi connectivity index (χ0n) is 50.5. The van der Waals surface area contributed by atoms with Gasteiger partial charge in [0, 0.05) is 25.7 Å². The van der Waals surface area contributed by atoms with E-state index in [1.165, 1.54) is 116 Å². The highest BCUT2D eigenvalue weighted by Gasteiger charge is 2.30. The van der Waals surface area contributed by atoms with E-state index >= 15 is 0 Å². The molecule has 0 amide bonds. The van der Waals surface area contributed by atoms with E-state index < -0.39 is 97.5 Å². The second-order valence-electron chi connectivity index (χ2n) is 22.2. The maximum Gasteiger partial charge on any atom is 0.472 e. The first-order valence-corrected chi connectivity index (χ1v) is 34.6. The molecule has 2 unspecified atom stereocenters. The lowest BCUT2D eigenvalue weighted by molar-refractivity contribution is -0.161. The highest BCUT2D eigenvalue weighted by molar-refractivity contribution is 7.47. The third-order valence-corrected chi connectivity index (χ3v) is 15.7. The van der Waals surface area contributed by atoms with Crippen LogP contribution in [0.15, 0.2) is 0 Å². The monoisotopic (exact) mass is 1170 g/mol. The van der Waals surface area contributed by atoms with E-state index in [2.05, 4.69) is 34.6 Å². The van der Waals surface area contributed by atoms with E-state index in [-0.39, 0.29) is 25.7 Å². The minimum Gasteiger partial charge on any atom is -0.462 e. The molecule has 5 atom stereocenters. The third kappa shape index (κ3) is 55.0. The average molecular weight is 1170 g/mol. The topological polar surface area (TPSA) is 237 Å². The fraction of sp³-hybridized carbons (Fsp3) is 0.933. The molecule has 0 aliphatic rings. The van der Waals surface area contributed by atoms with Gasteiger partial charge in [0.15, 0.2) is 12.2 Å². The molecule has 17 nitrogen and oxygen atoms in total. The molecule has 0 aliphatic heterocycles. The van der Waals surface area contributed by atoms with Crippen LogP contribution in [-0.2, 0) is 65.4 Å². The number of hydrogen-bond donors (Lipinski definition) is 3. The molecule has 0 bridgehead atoms. The Balaban J connectivity index is 5.18. The Labute approximate surface area is 479 Å². The van der Waals surface area contributed by atoms with Gasteiger partial charge in [-0.3, -0.25) is 37.3 Å². The van der Waals surface area contributed by atoms with Crippen LogP contribution in [-0.4, -0.2) is 96.7 Å². The molecule has 0 aliphatic carbocycles. The van der Waals surface area contributed by atoms with Crippen molar-refractivity contribution in [1.82, 2.24) is 0 Å². The molecule has 0 heterocycles. The van der Waals surface area contributed by atoms with Gasteiger partial charge in [-0.1, -0.05) is 247 Å². The molecule has 0 spiro atoms. The van der Waals surface area contributed by atoms with Gasteiger partial charge in [0.05, 0.1) is 26.4 Å². The van der Waals surface area contributed by atoms with E-state index in [4.69, 9.17) is 37.0 Å². The number of phosphoric ester groups is 2. The van der Waals surface area contributed by atoms with Crippen molar-refractivity contribution in [3.05, 3.63) is 0 Å². The lowest BCUT2D eigenvalue weighted by atomic mass is 10.0. The van der Waals surface area contributed by atoms with E-state index in [0.29, 0.717) is 25.7 Å². The van der Waals surface area contributed by atoms with Crippen LogP contribution in [0, 0.1) is 5.92 Å². The summed E-state index contributed by atoms with van der Waals surface area (Å²) in [5, 5.41) is 10.5. The number of ether oxygens (including phenoxy) is 4. The molecule has 79 heavy (non-hydrogen) atoms. The number of esters is 4. The van der Waals surface area contributed by atoms with Crippen molar-refractivity contribution in [3.63, 3.8) is 0 Å². The van der Waals surface area contributed by atoms with Crippen molar-refractivity contribution in [2.75, 3.05) is 39.6 Å². The molecule has 0 aromatic carbocycles. The number of aliphatic hydroxyl groups excluding tert-OH is 1. The summed E-state index contributed by atoms with van der Waals surface area (Å²) in [6.07, 6.45) is 36.4. The van der Waals surface area contributed by atoms with Gasteiger partial charge in [-0.15, -0.1) is 0 Å². The lowest BCUT2D eigenvalue weighted by Gasteiger charge is -2.21. The Morgan fingerprint density at radius 1 is 0.342 bits per heavy atom. The molecule has 0 rings (SSSR count). The fourth-order valence-corrected chi connectivity index (χ4v) is 10.5. The molecule has 0 aromatic heterocycles. The molecule has 3 N–H and O–H groups in total. The number of aliphatic hydroxyl groups is 1. The van der Waals surface area contributed by atoms with Crippen LogP contribution in [0.4, 0.5) is 0 Å². The molecule has 0 fully saturated rings. The van der Waals surface area contributed by atoms with Gasteiger partial charge >= 0.3 is 39.5 Å². The molecule has 0 saturated carbocycles. The fourth-order valence-electron chi connectivity index (χ4n) is 8.88. The van der Waals surface area contributed by atoms with Crippen LogP contribution in [0.2, 0.25) is 0 Å².